The van der Waals surface area contributed by atoms with Crippen LogP contribution in [0.3, 0.4) is 0 Å². The minimum absolute atomic E-state index is 0.127. The predicted octanol–water partition coefficient (Wildman–Crippen LogP) is 1.03. The molecule has 2 N–H and O–H groups in total. The monoisotopic (exact) mass is 199 g/mol. The summed E-state index contributed by atoms with van der Waals surface area (Å²) in [6.07, 6.45) is 5.46. The molecule has 0 radical (unpaired) electrons. The van der Waals surface area contributed by atoms with Crippen LogP contribution in [-0.2, 0) is 4.79 Å². The zero-order valence-corrected chi connectivity index (χ0v) is 8.92. The lowest BCUT2D eigenvalue weighted by Gasteiger charge is -2.34. The fraction of sp³-hybridized carbons (Fsp3) is 0.700. The minimum Gasteiger partial charge on any atom is -0.298 e. The predicted molar refractivity (Wildman–Crippen MR) is 53.5 cm³/mol. The molecule has 0 saturated carbocycles. The first-order valence-electron chi connectivity index (χ1n) is 5.05. The van der Waals surface area contributed by atoms with Gasteiger partial charge in [-0.2, -0.15) is 0 Å². The van der Waals surface area contributed by atoms with Gasteiger partial charge in [-0.05, 0) is 19.3 Å². The number of piperidine rings is 1. The first kappa shape index (κ1) is 11.2. The lowest BCUT2D eigenvalue weighted by molar-refractivity contribution is -0.865. The molecule has 0 aromatic heterocycles. The Morgan fingerprint density at radius 2 is 1.93 bits per heavy atom. The minimum atomic E-state index is -0.127. The Kier molecular flexibility index (Phi) is 3.66. The molecule has 14 heavy (non-hydrogen) atoms. The molecule has 80 valence electrons. The van der Waals surface area contributed by atoms with E-state index in [0.29, 0.717) is 5.70 Å². The maximum atomic E-state index is 11.1. The van der Waals surface area contributed by atoms with Gasteiger partial charge >= 0.3 is 0 Å². The normalized spacial score (nSPS) is 21.8. The smallest absolute Gasteiger partial charge is 0.183 e. The molecule has 1 heterocycles. The number of carbonyl (C=O) groups is 1. The van der Waals surface area contributed by atoms with E-state index in [4.69, 9.17) is 5.21 Å². The van der Waals surface area contributed by atoms with Crippen LogP contribution in [0.25, 0.3) is 0 Å². The van der Waals surface area contributed by atoms with E-state index in [-0.39, 0.29) is 5.78 Å². The van der Waals surface area contributed by atoms with Gasteiger partial charge in [-0.3, -0.25) is 20.0 Å². The summed E-state index contributed by atoms with van der Waals surface area (Å²) in [4.78, 5) is 11.1. The number of hydrogen-bond acceptors (Lipinski definition) is 3. The molecule has 1 aliphatic rings. The van der Waals surface area contributed by atoms with Crippen molar-refractivity contribution in [3.8, 4) is 0 Å². The highest BCUT2D eigenvalue weighted by atomic mass is 16.5. The number of allylic oxidation sites excluding steroid dienone is 1. The van der Waals surface area contributed by atoms with Gasteiger partial charge in [0, 0.05) is 6.92 Å². The van der Waals surface area contributed by atoms with Crippen molar-refractivity contribution < 1.29 is 14.5 Å². The van der Waals surface area contributed by atoms with Gasteiger partial charge in [-0.1, -0.05) is 0 Å². The number of Topliss-reactive ketones (excluding diaryl/α,β-unsaturated/α-hetero) is 1. The summed E-state index contributed by atoms with van der Waals surface area (Å²) in [6.45, 7) is 3.53. The van der Waals surface area contributed by atoms with Gasteiger partial charge in [0.05, 0.1) is 20.1 Å². The first-order valence-corrected chi connectivity index (χ1v) is 5.05. The van der Waals surface area contributed by atoms with E-state index in [1.807, 2.05) is 11.7 Å². The zero-order valence-electron chi connectivity index (χ0n) is 8.92. The molecule has 0 aromatic rings. The van der Waals surface area contributed by atoms with E-state index in [1.165, 1.54) is 26.2 Å². The van der Waals surface area contributed by atoms with E-state index in [0.717, 1.165) is 17.6 Å². The highest BCUT2D eigenvalue weighted by Gasteiger charge is 2.24. The molecule has 1 aliphatic heterocycles. The molecule has 0 amide bonds. The van der Waals surface area contributed by atoms with Crippen LogP contribution in [0, 0.1) is 0 Å². The molecular weight excluding hydrogens is 180 g/mol. The second kappa shape index (κ2) is 4.57. The highest BCUT2D eigenvalue weighted by molar-refractivity contribution is 5.92. The number of carbonyl (C=O) groups excluding carboxylic acids is 1. The van der Waals surface area contributed by atoms with E-state index < -0.39 is 0 Å². The van der Waals surface area contributed by atoms with Crippen molar-refractivity contribution in [2.45, 2.75) is 26.2 Å². The number of hydroxylamine groups is 1. The van der Waals surface area contributed by atoms with Gasteiger partial charge in [-0.15, -0.1) is 0 Å². The van der Waals surface area contributed by atoms with Crippen molar-refractivity contribution >= 4 is 5.78 Å². The van der Waals surface area contributed by atoms with E-state index >= 15 is 0 Å². The average molecular weight is 199 g/mol. The Balaban J connectivity index is 2.75. The summed E-state index contributed by atoms with van der Waals surface area (Å²) in [5.41, 5.74) is 2.27. The third-order valence-corrected chi connectivity index (χ3v) is 2.78. The van der Waals surface area contributed by atoms with Crippen molar-refractivity contribution in [3.05, 3.63) is 11.9 Å². The molecule has 0 spiro atoms. The van der Waals surface area contributed by atoms with Crippen LogP contribution in [0.2, 0.25) is 0 Å². The number of hydrogen-bond donors (Lipinski definition) is 2. The third-order valence-electron chi connectivity index (χ3n) is 2.78. The van der Waals surface area contributed by atoms with Crippen molar-refractivity contribution in [1.29, 1.82) is 0 Å². The van der Waals surface area contributed by atoms with Crippen molar-refractivity contribution in [2.24, 2.45) is 0 Å². The number of rotatable bonds is 3. The molecule has 4 nitrogen and oxygen atoms in total. The third kappa shape index (κ3) is 2.82. The standard InChI is InChI=1S/C10H19N2O2/c1-9(13)10(11-14)8-12(2)6-4-3-5-7-12/h8,11,14H,3-7H2,1-2H3/q+1. The van der Waals surface area contributed by atoms with Crippen LogP contribution in [0.5, 0.6) is 0 Å². The Bertz CT molecular complexity index is 243. The fourth-order valence-electron chi connectivity index (χ4n) is 1.87. The highest BCUT2D eigenvalue weighted by Crippen LogP contribution is 2.17. The van der Waals surface area contributed by atoms with Gasteiger partial charge < -0.3 is 0 Å². The summed E-state index contributed by atoms with van der Waals surface area (Å²) < 4.78 is 0.739. The lowest BCUT2D eigenvalue weighted by atomic mass is 10.1. The first-order chi connectivity index (χ1) is 6.57. The van der Waals surface area contributed by atoms with Gasteiger partial charge in [0.25, 0.3) is 0 Å². The average Bonchev–Trinajstić information content (AvgIpc) is 2.15. The molecule has 1 saturated heterocycles. The molecule has 0 unspecified atom stereocenters. The molecule has 4 heteroatoms. The fourth-order valence-corrected chi connectivity index (χ4v) is 1.87. The second-order valence-corrected chi connectivity index (χ2v) is 4.20. The Morgan fingerprint density at radius 1 is 1.36 bits per heavy atom. The largest absolute Gasteiger partial charge is 0.298 e. The maximum Gasteiger partial charge on any atom is 0.183 e. The molecule has 1 rings (SSSR count). The van der Waals surface area contributed by atoms with Crippen molar-refractivity contribution in [2.75, 3.05) is 20.1 Å². The molecule has 0 aliphatic carbocycles. The number of nitrogens with one attached hydrogen (secondary N) is 1. The van der Waals surface area contributed by atoms with Crippen LogP contribution in [0.15, 0.2) is 11.9 Å². The Hall–Kier alpha value is -0.870. The molecule has 1 fully saturated rings. The molecular formula is C10H19N2O2+. The van der Waals surface area contributed by atoms with Crippen molar-refractivity contribution in [1.82, 2.24) is 5.48 Å². The topological polar surface area (TPSA) is 49.3 Å². The molecule has 0 atom stereocenters. The van der Waals surface area contributed by atoms with Crippen molar-refractivity contribution in [3.63, 3.8) is 0 Å². The van der Waals surface area contributed by atoms with E-state index in [1.54, 1.807) is 0 Å². The van der Waals surface area contributed by atoms with E-state index in [2.05, 4.69) is 7.05 Å². The number of quaternary nitrogens is 1. The summed E-state index contributed by atoms with van der Waals surface area (Å²) in [5.74, 6) is -0.127. The van der Waals surface area contributed by atoms with Crippen LogP contribution in [0.4, 0.5) is 0 Å². The number of nitrogens with zero attached hydrogens (tertiary/aromatic N) is 1. The second-order valence-electron chi connectivity index (χ2n) is 4.20. The lowest BCUT2D eigenvalue weighted by Crippen LogP contribution is -2.44. The van der Waals surface area contributed by atoms with Gasteiger partial charge in [0.15, 0.2) is 11.5 Å². The van der Waals surface area contributed by atoms with Crippen LogP contribution in [0.1, 0.15) is 26.2 Å². The number of ketones is 1. The summed E-state index contributed by atoms with van der Waals surface area (Å²) in [5, 5.41) is 8.79. The molecule has 0 bridgehead atoms. The summed E-state index contributed by atoms with van der Waals surface area (Å²) in [7, 11) is 2.08. The summed E-state index contributed by atoms with van der Waals surface area (Å²) >= 11 is 0. The Morgan fingerprint density at radius 3 is 2.36 bits per heavy atom. The van der Waals surface area contributed by atoms with E-state index in [9.17, 15) is 4.79 Å². The zero-order chi connectivity index (χ0) is 10.6. The van der Waals surface area contributed by atoms with Crippen LogP contribution < -0.4 is 5.48 Å². The van der Waals surface area contributed by atoms with Crippen LogP contribution >= 0.6 is 0 Å². The Labute approximate surface area is 84.8 Å². The number of likely N-dealkylation sites (tertiary alicyclic amines) is 1. The van der Waals surface area contributed by atoms with Gasteiger partial charge in [0.1, 0.15) is 6.20 Å². The summed E-state index contributed by atoms with van der Waals surface area (Å²) in [6, 6.07) is 0. The van der Waals surface area contributed by atoms with Gasteiger partial charge in [-0.25, -0.2) is 0 Å². The molecule has 0 aromatic carbocycles. The van der Waals surface area contributed by atoms with Gasteiger partial charge in [0.2, 0.25) is 0 Å². The SMILES string of the molecule is CC(=O)C(=C[N+]1(C)CCCCC1)NO. The van der Waals surface area contributed by atoms with Crippen LogP contribution in [-0.4, -0.2) is 35.6 Å². The quantitative estimate of drug-likeness (QED) is 0.405. The maximum absolute atomic E-state index is 11.1.